The van der Waals surface area contributed by atoms with E-state index < -0.39 is 34.9 Å². The summed E-state index contributed by atoms with van der Waals surface area (Å²) in [6.45, 7) is 0.214. The highest BCUT2D eigenvalue weighted by Crippen LogP contribution is 2.35. The molecule has 2 amide bonds. The van der Waals surface area contributed by atoms with E-state index in [9.17, 15) is 29.3 Å². The van der Waals surface area contributed by atoms with Crippen molar-refractivity contribution in [1.82, 2.24) is 10.6 Å². The molecule has 0 saturated carbocycles. The van der Waals surface area contributed by atoms with Crippen molar-refractivity contribution in [1.29, 1.82) is 0 Å². The Balaban J connectivity index is 1.83. The van der Waals surface area contributed by atoms with Crippen LogP contribution in [0, 0.1) is 5.82 Å². The van der Waals surface area contributed by atoms with Crippen LogP contribution in [0.5, 0.6) is 17.2 Å². The van der Waals surface area contributed by atoms with Crippen molar-refractivity contribution in [3.63, 3.8) is 0 Å². The first kappa shape index (κ1) is 17.1. The molecule has 0 bridgehead atoms. The number of nitrogens with one attached hydrogen (secondary N) is 2. The maximum absolute atomic E-state index is 12.8. The molecule has 7 nitrogen and oxygen atoms in total. The Morgan fingerprint density at radius 1 is 0.833 bits per heavy atom. The Hall–Kier alpha value is -3.29. The molecular weight excluding hydrogens is 319 g/mol. The number of hydrogen-bond acceptors (Lipinski definition) is 5. The lowest BCUT2D eigenvalue weighted by molar-refractivity contribution is 0.0927. The van der Waals surface area contributed by atoms with Crippen LogP contribution < -0.4 is 10.6 Å². The zero-order valence-electron chi connectivity index (χ0n) is 12.4. The number of benzene rings is 2. The fourth-order valence-corrected chi connectivity index (χ4v) is 1.89. The zero-order valence-corrected chi connectivity index (χ0v) is 12.4. The molecule has 0 aliphatic carbocycles. The van der Waals surface area contributed by atoms with Crippen molar-refractivity contribution in [3.05, 3.63) is 53.3 Å². The monoisotopic (exact) mass is 334 g/mol. The van der Waals surface area contributed by atoms with Gasteiger partial charge in [0.05, 0.1) is 0 Å². The number of carbonyl (C=O) groups is 2. The van der Waals surface area contributed by atoms with Crippen LogP contribution in [0.3, 0.4) is 0 Å². The summed E-state index contributed by atoms with van der Waals surface area (Å²) in [5.74, 6) is -3.41. The third-order valence-corrected chi connectivity index (χ3v) is 3.13. The van der Waals surface area contributed by atoms with Crippen LogP contribution in [-0.2, 0) is 0 Å². The van der Waals surface area contributed by atoms with Crippen LogP contribution in [0.25, 0.3) is 0 Å². The number of aromatic hydroxyl groups is 3. The number of rotatable bonds is 5. The smallest absolute Gasteiger partial charge is 0.251 e. The minimum atomic E-state index is -0.710. The van der Waals surface area contributed by atoms with Gasteiger partial charge in [0.2, 0.25) is 0 Å². The Bertz CT molecular complexity index is 739. The van der Waals surface area contributed by atoms with Gasteiger partial charge in [-0.2, -0.15) is 0 Å². The first-order valence-electron chi connectivity index (χ1n) is 6.95. The van der Waals surface area contributed by atoms with Gasteiger partial charge in [-0.3, -0.25) is 9.59 Å². The number of phenols is 3. The molecule has 0 aliphatic heterocycles. The van der Waals surface area contributed by atoms with Gasteiger partial charge < -0.3 is 26.0 Å². The van der Waals surface area contributed by atoms with E-state index in [1.807, 2.05) is 0 Å². The van der Waals surface area contributed by atoms with Gasteiger partial charge in [0.25, 0.3) is 11.8 Å². The third kappa shape index (κ3) is 4.13. The molecule has 5 N–H and O–H groups in total. The van der Waals surface area contributed by atoms with Crippen LogP contribution in [0.2, 0.25) is 0 Å². The molecule has 2 rings (SSSR count). The van der Waals surface area contributed by atoms with Crippen molar-refractivity contribution in [2.45, 2.75) is 0 Å². The van der Waals surface area contributed by atoms with Gasteiger partial charge in [0.15, 0.2) is 17.2 Å². The predicted molar refractivity (Wildman–Crippen MR) is 82.5 cm³/mol. The summed E-state index contributed by atoms with van der Waals surface area (Å²) in [6.07, 6.45) is 0. The molecule has 126 valence electrons. The first-order chi connectivity index (χ1) is 11.4. The summed E-state index contributed by atoms with van der Waals surface area (Å²) in [4.78, 5) is 23.6. The lowest BCUT2D eigenvalue weighted by atomic mass is 10.1. The van der Waals surface area contributed by atoms with Crippen LogP contribution >= 0.6 is 0 Å². The summed E-state index contributed by atoms with van der Waals surface area (Å²) < 4.78 is 12.8. The molecule has 24 heavy (non-hydrogen) atoms. The summed E-state index contributed by atoms with van der Waals surface area (Å²) >= 11 is 0. The topological polar surface area (TPSA) is 119 Å². The summed E-state index contributed by atoms with van der Waals surface area (Å²) in [5, 5.41) is 32.9. The molecule has 8 heteroatoms. The average molecular weight is 334 g/mol. The fraction of sp³-hybridized carbons (Fsp3) is 0.125. The normalized spacial score (nSPS) is 10.2. The number of hydrogen-bond donors (Lipinski definition) is 5. The summed E-state index contributed by atoms with van der Waals surface area (Å²) in [6, 6.07) is 7.01. The maximum Gasteiger partial charge on any atom is 0.251 e. The van der Waals surface area contributed by atoms with Crippen LogP contribution in [0.15, 0.2) is 36.4 Å². The highest BCUT2D eigenvalue weighted by Gasteiger charge is 2.13. The van der Waals surface area contributed by atoms with E-state index >= 15 is 0 Å². The highest BCUT2D eigenvalue weighted by molar-refractivity contribution is 5.96. The molecule has 0 spiro atoms. The van der Waals surface area contributed by atoms with Gasteiger partial charge in [-0.15, -0.1) is 0 Å². The van der Waals surface area contributed by atoms with E-state index in [2.05, 4.69) is 10.6 Å². The second kappa shape index (κ2) is 7.32. The van der Waals surface area contributed by atoms with Crippen molar-refractivity contribution >= 4 is 11.8 Å². The van der Waals surface area contributed by atoms with Gasteiger partial charge in [-0.25, -0.2) is 4.39 Å². The molecule has 2 aromatic rings. The van der Waals surface area contributed by atoms with Crippen LogP contribution in [0.4, 0.5) is 4.39 Å². The van der Waals surface area contributed by atoms with Crippen molar-refractivity contribution < 1.29 is 29.3 Å². The molecule has 0 aromatic heterocycles. The number of carbonyl (C=O) groups excluding carboxylic acids is 2. The van der Waals surface area contributed by atoms with Gasteiger partial charge in [0, 0.05) is 24.2 Å². The minimum Gasteiger partial charge on any atom is -0.504 e. The van der Waals surface area contributed by atoms with E-state index in [-0.39, 0.29) is 24.2 Å². The SMILES string of the molecule is O=C(NCCNC(=O)c1cc(O)c(O)c(O)c1)c1ccc(F)cc1. The third-order valence-electron chi connectivity index (χ3n) is 3.13. The molecule has 0 unspecified atom stereocenters. The lowest BCUT2D eigenvalue weighted by Crippen LogP contribution is -2.34. The standard InChI is InChI=1S/C16H15FN2O5/c17-11-3-1-9(2-4-11)15(23)18-5-6-19-16(24)10-7-12(20)14(22)13(21)8-10/h1-4,7-8,20-22H,5-6H2,(H,18,23)(H,19,24). The molecule has 0 atom stereocenters. The molecule has 0 saturated heterocycles. The van der Waals surface area contributed by atoms with E-state index in [0.29, 0.717) is 0 Å². The molecule has 0 fully saturated rings. The molecule has 0 heterocycles. The number of amides is 2. The maximum atomic E-state index is 12.8. The van der Waals surface area contributed by atoms with Gasteiger partial charge in [-0.05, 0) is 36.4 Å². The largest absolute Gasteiger partial charge is 0.504 e. The second-order valence-corrected chi connectivity index (χ2v) is 4.88. The summed E-state index contributed by atoms with van der Waals surface area (Å²) in [7, 11) is 0. The molecule has 0 aliphatic rings. The average Bonchev–Trinajstić information content (AvgIpc) is 2.56. The van der Waals surface area contributed by atoms with Crippen molar-refractivity contribution in [2.24, 2.45) is 0 Å². The number of halogens is 1. The Kier molecular flexibility index (Phi) is 5.20. The predicted octanol–water partition coefficient (Wildman–Crippen LogP) is 1.10. The quantitative estimate of drug-likeness (QED) is 0.414. The van der Waals surface area contributed by atoms with E-state index in [4.69, 9.17) is 0 Å². The summed E-state index contributed by atoms with van der Waals surface area (Å²) in [5.41, 5.74) is 0.240. The van der Waals surface area contributed by atoms with Crippen molar-refractivity contribution in [2.75, 3.05) is 13.1 Å². The van der Waals surface area contributed by atoms with Crippen molar-refractivity contribution in [3.8, 4) is 17.2 Å². The number of phenolic OH excluding ortho intramolecular Hbond substituents is 3. The zero-order chi connectivity index (χ0) is 17.7. The van der Waals surface area contributed by atoms with Gasteiger partial charge in [-0.1, -0.05) is 0 Å². The van der Waals surface area contributed by atoms with E-state index in [0.717, 1.165) is 12.1 Å². The first-order valence-corrected chi connectivity index (χ1v) is 6.95. The Labute approximate surface area is 136 Å². The Morgan fingerprint density at radius 3 is 1.79 bits per heavy atom. The van der Waals surface area contributed by atoms with Gasteiger partial charge >= 0.3 is 0 Å². The van der Waals surface area contributed by atoms with E-state index in [1.54, 1.807) is 0 Å². The molecule has 0 radical (unpaired) electrons. The fourth-order valence-electron chi connectivity index (χ4n) is 1.89. The van der Waals surface area contributed by atoms with Gasteiger partial charge in [0.1, 0.15) is 5.82 Å². The van der Waals surface area contributed by atoms with E-state index in [1.165, 1.54) is 24.3 Å². The minimum absolute atomic E-state index is 0.0485. The highest BCUT2D eigenvalue weighted by atomic mass is 19.1. The second-order valence-electron chi connectivity index (χ2n) is 4.88. The molecular formula is C16H15FN2O5. The van der Waals surface area contributed by atoms with Crippen LogP contribution in [0.1, 0.15) is 20.7 Å². The molecule has 2 aromatic carbocycles. The lowest BCUT2D eigenvalue weighted by Gasteiger charge is -2.08. The van der Waals surface area contributed by atoms with Crippen LogP contribution in [-0.4, -0.2) is 40.2 Å². The Morgan fingerprint density at radius 2 is 1.29 bits per heavy atom.